The highest BCUT2D eigenvalue weighted by Crippen LogP contribution is 2.18. The second-order valence-electron chi connectivity index (χ2n) is 5.67. The highest BCUT2D eigenvalue weighted by Gasteiger charge is 2.18. The molecule has 0 aliphatic carbocycles. The zero-order valence-corrected chi connectivity index (χ0v) is 13.1. The predicted octanol–water partition coefficient (Wildman–Crippen LogP) is 2.20. The third kappa shape index (κ3) is 4.26. The fourth-order valence-corrected chi connectivity index (χ4v) is 2.52. The van der Waals surface area contributed by atoms with Gasteiger partial charge in [0.15, 0.2) is 0 Å². The average molecular weight is 312 g/mol. The van der Waals surface area contributed by atoms with Gasteiger partial charge in [0.25, 0.3) is 5.91 Å². The first-order chi connectivity index (χ1) is 11.2. The number of nitrogens with one attached hydrogen (secondary N) is 1. The first kappa shape index (κ1) is 15.4. The van der Waals surface area contributed by atoms with Crippen LogP contribution in [0.3, 0.4) is 0 Å². The molecule has 0 bridgehead atoms. The van der Waals surface area contributed by atoms with E-state index in [1.54, 1.807) is 30.6 Å². The summed E-state index contributed by atoms with van der Waals surface area (Å²) in [6.07, 6.45) is 5.34. The Morgan fingerprint density at radius 2 is 1.96 bits per heavy atom. The smallest absolute Gasteiger partial charge is 0.256 e. The molecule has 3 rings (SSSR count). The monoisotopic (exact) mass is 312 g/mol. The van der Waals surface area contributed by atoms with Gasteiger partial charge in [-0.25, -0.2) is 0 Å². The van der Waals surface area contributed by atoms with Gasteiger partial charge in [-0.2, -0.15) is 4.98 Å². The van der Waals surface area contributed by atoms with Crippen LogP contribution in [-0.4, -0.2) is 47.0 Å². The molecule has 1 aliphatic rings. The van der Waals surface area contributed by atoms with E-state index in [1.807, 2.05) is 12.1 Å². The van der Waals surface area contributed by atoms with Crippen LogP contribution < -0.4 is 10.1 Å². The Kier molecular flexibility index (Phi) is 4.83. The van der Waals surface area contributed by atoms with Crippen molar-refractivity contribution in [3.63, 3.8) is 0 Å². The third-order valence-electron chi connectivity index (χ3n) is 3.86. The zero-order chi connectivity index (χ0) is 16.1. The van der Waals surface area contributed by atoms with Gasteiger partial charge in [-0.15, -0.1) is 0 Å². The molecule has 0 unspecified atom stereocenters. The van der Waals surface area contributed by atoms with Crippen LogP contribution in [0.1, 0.15) is 23.2 Å². The van der Waals surface area contributed by atoms with Gasteiger partial charge in [-0.3, -0.25) is 9.78 Å². The molecule has 0 radical (unpaired) electrons. The lowest BCUT2D eigenvalue weighted by molar-refractivity contribution is 0.102. The number of anilines is 1. The highest BCUT2D eigenvalue weighted by molar-refractivity contribution is 6.03. The van der Waals surface area contributed by atoms with Gasteiger partial charge in [0, 0.05) is 37.1 Å². The summed E-state index contributed by atoms with van der Waals surface area (Å²) in [5.74, 6) is 0.820. The molecule has 120 valence electrons. The lowest BCUT2D eigenvalue weighted by atomic mass is 10.1. The molecule has 0 aromatic carbocycles. The summed E-state index contributed by atoms with van der Waals surface area (Å²) in [5, 5.41) is 2.78. The fraction of sp³-hybridized carbons (Fsp3) is 0.353. The minimum Gasteiger partial charge on any atom is -0.474 e. The van der Waals surface area contributed by atoms with Crippen LogP contribution in [0.5, 0.6) is 5.88 Å². The molecule has 0 atom stereocenters. The normalized spacial score (nSPS) is 16.0. The van der Waals surface area contributed by atoms with Crippen LogP contribution in [0.25, 0.3) is 0 Å². The number of rotatable bonds is 4. The summed E-state index contributed by atoms with van der Waals surface area (Å²) in [5.41, 5.74) is 0.545. The second kappa shape index (κ2) is 7.19. The summed E-state index contributed by atoms with van der Waals surface area (Å²) in [6, 6.07) is 8.73. The van der Waals surface area contributed by atoms with Crippen LogP contribution in [0.2, 0.25) is 0 Å². The molecule has 2 aromatic rings. The van der Waals surface area contributed by atoms with E-state index < -0.39 is 0 Å². The van der Waals surface area contributed by atoms with E-state index in [4.69, 9.17) is 4.74 Å². The lowest BCUT2D eigenvalue weighted by Crippen LogP contribution is -2.35. The van der Waals surface area contributed by atoms with E-state index in [-0.39, 0.29) is 12.0 Å². The molecule has 1 amide bonds. The molecule has 6 heteroatoms. The van der Waals surface area contributed by atoms with Gasteiger partial charge in [-0.1, -0.05) is 6.07 Å². The van der Waals surface area contributed by atoms with Crippen molar-refractivity contribution >= 4 is 11.7 Å². The quantitative estimate of drug-likeness (QED) is 0.937. The maximum Gasteiger partial charge on any atom is 0.256 e. The van der Waals surface area contributed by atoms with Crippen molar-refractivity contribution < 1.29 is 9.53 Å². The molecule has 1 fully saturated rings. The zero-order valence-electron chi connectivity index (χ0n) is 13.1. The van der Waals surface area contributed by atoms with Crippen LogP contribution in [0.15, 0.2) is 42.7 Å². The van der Waals surface area contributed by atoms with Gasteiger partial charge < -0.3 is 15.0 Å². The Balaban J connectivity index is 1.62. The Morgan fingerprint density at radius 3 is 2.70 bits per heavy atom. The SMILES string of the molecule is CN1CCC(Oc2cccc(NC(=O)c3ccncc3)n2)CC1. The van der Waals surface area contributed by atoms with Gasteiger partial charge in [0.1, 0.15) is 11.9 Å². The first-order valence-corrected chi connectivity index (χ1v) is 7.74. The molecule has 6 nitrogen and oxygen atoms in total. The average Bonchev–Trinajstić information content (AvgIpc) is 2.58. The van der Waals surface area contributed by atoms with Crippen molar-refractivity contribution in [1.29, 1.82) is 0 Å². The molecule has 1 N–H and O–H groups in total. The topological polar surface area (TPSA) is 67.3 Å². The molecule has 2 aromatic heterocycles. The van der Waals surface area contributed by atoms with Crippen molar-refractivity contribution in [2.45, 2.75) is 18.9 Å². The number of pyridine rings is 2. The van der Waals surface area contributed by atoms with Gasteiger partial charge in [0.05, 0.1) is 0 Å². The van der Waals surface area contributed by atoms with Crippen LogP contribution >= 0.6 is 0 Å². The Labute approximate surface area is 135 Å². The number of aromatic nitrogens is 2. The van der Waals surface area contributed by atoms with Gasteiger partial charge in [-0.05, 0) is 38.1 Å². The van der Waals surface area contributed by atoms with E-state index in [2.05, 4.69) is 27.2 Å². The summed E-state index contributed by atoms with van der Waals surface area (Å²) in [7, 11) is 2.11. The molecule has 3 heterocycles. The van der Waals surface area contributed by atoms with Crippen molar-refractivity contribution in [2.75, 3.05) is 25.5 Å². The van der Waals surface area contributed by atoms with Crippen LogP contribution in [0.4, 0.5) is 5.82 Å². The van der Waals surface area contributed by atoms with Crippen LogP contribution in [0, 0.1) is 0 Å². The number of nitrogens with zero attached hydrogens (tertiary/aromatic N) is 3. The molecular formula is C17H20N4O2. The molecule has 23 heavy (non-hydrogen) atoms. The molecule has 1 saturated heterocycles. The molecular weight excluding hydrogens is 292 g/mol. The third-order valence-corrected chi connectivity index (χ3v) is 3.86. The van der Waals surface area contributed by atoms with Crippen molar-refractivity contribution in [1.82, 2.24) is 14.9 Å². The van der Waals surface area contributed by atoms with Crippen molar-refractivity contribution in [3.05, 3.63) is 48.3 Å². The van der Waals surface area contributed by atoms with E-state index in [0.29, 0.717) is 17.3 Å². The van der Waals surface area contributed by atoms with E-state index in [0.717, 1.165) is 25.9 Å². The van der Waals surface area contributed by atoms with Crippen molar-refractivity contribution in [2.24, 2.45) is 0 Å². The summed E-state index contributed by atoms with van der Waals surface area (Å²) < 4.78 is 5.93. The molecule has 0 saturated carbocycles. The van der Waals surface area contributed by atoms with E-state index >= 15 is 0 Å². The van der Waals surface area contributed by atoms with Gasteiger partial charge in [0.2, 0.25) is 5.88 Å². The van der Waals surface area contributed by atoms with E-state index in [1.165, 1.54) is 0 Å². The number of hydrogen-bond donors (Lipinski definition) is 1. The first-order valence-electron chi connectivity index (χ1n) is 7.74. The minimum atomic E-state index is -0.212. The Bertz CT molecular complexity index is 655. The number of carbonyl (C=O) groups excluding carboxylic acids is 1. The van der Waals surface area contributed by atoms with Crippen LogP contribution in [-0.2, 0) is 0 Å². The van der Waals surface area contributed by atoms with Crippen molar-refractivity contribution in [3.8, 4) is 5.88 Å². The fourth-order valence-electron chi connectivity index (χ4n) is 2.52. The minimum absolute atomic E-state index is 0.185. The number of carbonyl (C=O) groups is 1. The van der Waals surface area contributed by atoms with E-state index in [9.17, 15) is 4.79 Å². The number of ether oxygens (including phenoxy) is 1. The maximum absolute atomic E-state index is 12.1. The molecule has 1 aliphatic heterocycles. The Morgan fingerprint density at radius 1 is 1.22 bits per heavy atom. The summed E-state index contributed by atoms with van der Waals surface area (Å²) in [6.45, 7) is 2.06. The summed E-state index contributed by atoms with van der Waals surface area (Å²) in [4.78, 5) is 22.7. The highest BCUT2D eigenvalue weighted by atomic mass is 16.5. The lowest BCUT2D eigenvalue weighted by Gasteiger charge is -2.28. The Hall–Kier alpha value is -2.47. The van der Waals surface area contributed by atoms with Gasteiger partial charge >= 0.3 is 0 Å². The number of hydrogen-bond acceptors (Lipinski definition) is 5. The standard InChI is InChI=1S/C17H20N4O2/c1-21-11-7-14(8-12-21)23-16-4-2-3-15(19-16)20-17(22)13-5-9-18-10-6-13/h2-6,9-10,14H,7-8,11-12H2,1H3,(H,19,20,22). The maximum atomic E-state index is 12.1. The number of amides is 1. The second-order valence-corrected chi connectivity index (χ2v) is 5.67. The summed E-state index contributed by atoms with van der Waals surface area (Å²) >= 11 is 0. The largest absolute Gasteiger partial charge is 0.474 e. The number of piperidine rings is 1. The molecule has 0 spiro atoms. The predicted molar refractivity (Wildman–Crippen MR) is 87.6 cm³/mol. The number of likely N-dealkylation sites (tertiary alicyclic amines) is 1.